The molecule has 0 saturated carbocycles. The van der Waals surface area contributed by atoms with Gasteiger partial charge in [0.15, 0.2) is 6.23 Å². The number of aromatic nitrogens is 3. The fraction of sp³-hybridized carbons (Fsp3) is 0.242. The van der Waals surface area contributed by atoms with Crippen LogP contribution >= 0.6 is 7.75 Å². The summed E-state index contributed by atoms with van der Waals surface area (Å²) in [6.45, 7) is 1.06. The van der Waals surface area contributed by atoms with Gasteiger partial charge in [0.1, 0.15) is 48.7 Å². The van der Waals surface area contributed by atoms with E-state index in [4.69, 9.17) is 18.5 Å². The van der Waals surface area contributed by atoms with E-state index < -0.39 is 50.9 Å². The Balaban J connectivity index is 1.16. The lowest BCUT2D eigenvalue weighted by Crippen LogP contribution is -2.37. The summed E-state index contributed by atoms with van der Waals surface area (Å²) in [5.74, 6) is -0.449. The van der Waals surface area contributed by atoms with Gasteiger partial charge in [0.2, 0.25) is 0 Å². The number of aliphatic hydroxyl groups excluding tert-OH is 2. The van der Waals surface area contributed by atoms with E-state index in [-0.39, 0.29) is 12.4 Å². The summed E-state index contributed by atoms with van der Waals surface area (Å²) in [7, 11) is -4.26. The van der Waals surface area contributed by atoms with Crippen LogP contribution in [0.25, 0.3) is 22.3 Å². The number of esters is 1. The average molecular weight is 645 g/mol. The van der Waals surface area contributed by atoms with E-state index in [9.17, 15) is 19.6 Å². The number of fused-ring (bicyclic) bond motifs is 1. The van der Waals surface area contributed by atoms with Crippen LogP contribution in [0.1, 0.15) is 18.7 Å². The number of nitrogens with one attached hydrogen (secondary N) is 1. The van der Waals surface area contributed by atoms with Crippen molar-refractivity contribution in [3.63, 3.8) is 0 Å². The van der Waals surface area contributed by atoms with Gasteiger partial charge in [0.25, 0.3) is 0 Å². The SMILES string of the molecule is C[C@H](NP(=O)(OC[C@H]1O[C@@H](n2ccc3c(-c4ccccc4)ncnc32)[C@H](O)[C@@H]1O)Oc1ccccc1)C(=O)OCc1ccccc1. The lowest BCUT2D eigenvalue weighted by atomic mass is 10.1. The number of carbonyl (C=O) groups excluding carboxylic acids is 1. The monoisotopic (exact) mass is 644 g/mol. The summed E-state index contributed by atoms with van der Waals surface area (Å²) in [5, 5.41) is 25.3. The first-order valence-corrected chi connectivity index (χ1v) is 16.2. The minimum Gasteiger partial charge on any atom is -0.460 e. The van der Waals surface area contributed by atoms with Crippen molar-refractivity contribution >= 4 is 24.7 Å². The molecule has 13 heteroatoms. The first-order valence-electron chi connectivity index (χ1n) is 14.7. The van der Waals surface area contributed by atoms with Crippen LogP contribution in [0.5, 0.6) is 5.75 Å². The molecule has 0 radical (unpaired) electrons. The highest BCUT2D eigenvalue weighted by Gasteiger charge is 2.46. The number of carbonyl (C=O) groups is 1. The van der Waals surface area contributed by atoms with Gasteiger partial charge < -0.3 is 28.8 Å². The molecule has 1 unspecified atom stereocenters. The molecule has 3 aromatic carbocycles. The van der Waals surface area contributed by atoms with Gasteiger partial charge in [0.05, 0.1) is 12.3 Å². The second-order valence-corrected chi connectivity index (χ2v) is 12.4. The summed E-state index contributed by atoms with van der Waals surface area (Å²) >= 11 is 0. The number of aliphatic hydroxyl groups is 2. The Kier molecular flexibility index (Phi) is 9.55. The van der Waals surface area contributed by atoms with E-state index in [0.29, 0.717) is 11.3 Å². The van der Waals surface area contributed by atoms with Crippen LogP contribution in [-0.2, 0) is 30.0 Å². The highest BCUT2D eigenvalue weighted by Crippen LogP contribution is 2.46. The lowest BCUT2D eigenvalue weighted by Gasteiger charge is -2.24. The topological polar surface area (TPSA) is 154 Å². The number of ether oxygens (including phenoxy) is 2. The van der Waals surface area contributed by atoms with Crippen molar-refractivity contribution in [2.45, 2.75) is 44.1 Å². The van der Waals surface area contributed by atoms with Gasteiger partial charge >= 0.3 is 13.7 Å². The van der Waals surface area contributed by atoms with Crippen LogP contribution in [0.3, 0.4) is 0 Å². The molecule has 238 valence electrons. The third-order valence-electron chi connectivity index (χ3n) is 7.47. The quantitative estimate of drug-likeness (QED) is 0.129. The molecule has 0 spiro atoms. The molecule has 1 aliphatic rings. The summed E-state index contributed by atoms with van der Waals surface area (Å²) in [6, 6.07) is 27.8. The summed E-state index contributed by atoms with van der Waals surface area (Å²) in [6.07, 6.45) is -1.79. The predicted molar refractivity (Wildman–Crippen MR) is 168 cm³/mol. The third kappa shape index (κ3) is 7.02. The number of hydrogen-bond donors (Lipinski definition) is 3. The molecule has 2 aromatic heterocycles. The standard InChI is InChI=1S/C33H33N4O8P/c1-22(33(40)42-19-23-11-5-2-6-12-23)36-46(41,45-25-15-9-4-10-16-25)43-20-27-29(38)30(39)32(44-27)37-18-17-26-28(34-21-35-31(26)37)24-13-7-3-8-14-24/h2-18,21-22,27,29-30,32,38-39H,19-20H2,1H3,(H,36,41)/t22-,27+,29+,30+,32+,46?/m0/s1. The Labute approximate surface area is 265 Å². The second-order valence-electron chi connectivity index (χ2n) is 10.7. The van der Waals surface area contributed by atoms with Crippen LogP contribution in [0.4, 0.5) is 0 Å². The maximum atomic E-state index is 14.0. The normalized spacial score (nSPS) is 21.5. The van der Waals surface area contributed by atoms with Crippen molar-refractivity contribution in [2.24, 2.45) is 0 Å². The molecule has 0 amide bonds. The fourth-order valence-corrected chi connectivity index (χ4v) is 6.63. The zero-order valence-corrected chi connectivity index (χ0v) is 25.7. The maximum absolute atomic E-state index is 14.0. The van der Waals surface area contributed by atoms with Gasteiger partial charge in [-0.3, -0.25) is 9.32 Å². The van der Waals surface area contributed by atoms with Gasteiger partial charge in [-0.2, -0.15) is 5.09 Å². The van der Waals surface area contributed by atoms with E-state index in [0.717, 1.165) is 16.5 Å². The Morgan fingerprint density at radius 2 is 1.63 bits per heavy atom. The lowest BCUT2D eigenvalue weighted by molar-refractivity contribution is -0.146. The number of hydrogen-bond acceptors (Lipinski definition) is 10. The highest BCUT2D eigenvalue weighted by molar-refractivity contribution is 7.52. The molecule has 3 heterocycles. The van der Waals surface area contributed by atoms with Gasteiger partial charge in [-0.05, 0) is 30.7 Å². The number of nitrogens with zero attached hydrogens (tertiary/aromatic N) is 3. The zero-order valence-electron chi connectivity index (χ0n) is 24.8. The van der Waals surface area contributed by atoms with Crippen molar-refractivity contribution in [3.05, 3.63) is 115 Å². The molecule has 6 atom stereocenters. The molecule has 1 aliphatic heterocycles. The van der Waals surface area contributed by atoms with Gasteiger partial charge in [-0.25, -0.2) is 14.5 Å². The predicted octanol–water partition coefficient (Wildman–Crippen LogP) is 4.64. The molecule has 5 aromatic rings. The molecule has 0 bridgehead atoms. The number of benzene rings is 3. The zero-order chi connectivity index (χ0) is 32.1. The average Bonchev–Trinajstić information content (AvgIpc) is 3.63. The van der Waals surface area contributed by atoms with Crippen molar-refractivity contribution in [1.29, 1.82) is 0 Å². The highest BCUT2D eigenvalue weighted by atomic mass is 31.2. The van der Waals surface area contributed by atoms with E-state index in [1.54, 1.807) is 41.1 Å². The second kappa shape index (κ2) is 13.9. The van der Waals surface area contributed by atoms with Crippen molar-refractivity contribution in [3.8, 4) is 17.0 Å². The van der Waals surface area contributed by atoms with Crippen LogP contribution in [0.2, 0.25) is 0 Å². The molecule has 1 saturated heterocycles. The minimum absolute atomic E-state index is 0.0314. The molecule has 12 nitrogen and oxygen atoms in total. The number of para-hydroxylation sites is 1. The van der Waals surface area contributed by atoms with Crippen molar-refractivity contribution < 1.29 is 38.1 Å². The first-order chi connectivity index (χ1) is 22.3. The van der Waals surface area contributed by atoms with E-state index in [2.05, 4.69) is 15.1 Å². The molecule has 0 aliphatic carbocycles. The fourth-order valence-electron chi connectivity index (χ4n) is 5.12. The molecule has 3 N–H and O–H groups in total. The number of rotatable bonds is 12. The Morgan fingerprint density at radius 3 is 2.35 bits per heavy atom. The summed E-state index contributed by atoms with van der Waals surface area (Å²) in [5.41, 5.74) is 2.89. The van der Waals surface area contributed by atoms with Crippen molar-refractivity contribution in [2.75, 3.05) is 6.61 Å². The van der Waals surface area contributed by atoms with E-state index >= 15 is 0 Å². The Bertz CT molecular complexity index is 1810. The smallest absolute Gasteiger partial charge is 0.459 e. The molecular weight excluding hydrogens is 611 g/mol. The largest absolute Gasteiger partial charge is 0.460 e. The summed E-state index contributed by atoms with van der Waals surface area (Å²) < 4.78 is 38.5. The van der Waals surface area contributed by atoms with Crippen LogP contribution in [-0.4, -0.2) is 61.7 Å². The van der Waals surface area contributed by atoms with Crippen LogP contribution < -0.4 is 9.61 Å². The third-order valence-corrected chi connectivity index (χ3v) is 9.12. The van der Waals surface area contributed by atoms with E-state index in [1.807, 2.05) is 66.7 Å². The minimum atomic E-state index is -4.26. The Hall–Kier alpha value is -4.42. The molecule has 46 heavy (non-hydrogen) atoms. The van der Waals surface area contributed by atoms with Gasteiger partial charge in [-0.15, -0.1) is 0 Å². The van der Waals surface area contributed by atoms with E-state index in [1.165, 1.54) is 13.3 Å². The molecular formula is C33H33N4O8P. The van der Waals surface area contributed by atoms with Crippen LogP contribution in [0.15, 0.2) is 110 Å². The van der Waals surface area contributed by atoms with Crippen molar-refractivity contribution in [1.82, 2.24) is 19.6 Å². The first kappa shape index (κ1) is 31.6. The maximum Gasteiger partial charge on any atom is 0.459 e. The Morgan fingerprint density at radius 1 is 0.957 bits per heavy atom. The van der Waals surface area contributed by atoms with Gasteiger partial charge in [0, 0.05) is 17.1 Å². The molecule has 6 rings (SSSR count). The summed E-state index contributed by atoms with van der Waals surface area (Å²) in [4.78, 5) is 21.6. The molecule has 1 fully saturated rings. The van der Waals surface area contributed by atoms with Gasteiger partial charge in [-0.1, -0.05) is 78.9 Å². The van der Waals surface area contributed by atoms with Crippen LogP contribution in [0, 0.1) is 0 Å².